The second kappa shape index (κ2) is 3.82. The molecule has 0 radical (unpaired) electrons. The van der Waals surface area contributed by atoms with Gasteiger partial charge in [0, 0.05) is 0 Å². The molecule has 0 spiro atoms. The van der Waals surface area contributed by atoms with Gasteiger partial charge in [-0.15, -0.1) is 0 Å². The van der Waals surface area contributed by atoms with Gasteiger partial charge in [0.05, 0.1) is 12.4 Å². The number of rotatable bonds is 3. The average Bonchev–Trinajstić information content (AvgIpc) is 3.02. The second-order valence-corrected chi connectivity index (χ2v) is 4.38. The number of nitrogens with zero attached hydrogens (tertiary/aromatic N) is 2. The highest BCUT2D eigenvalue weighted by molar-refractivity contribution is 9.10. The molecular formula is C9H8BrN3O3. The lowest BCUT2D eigenvalue weighted by Gasteiger charge is -2.09. The van der Waals surface area contributed by atoms with Crippen LogP contribution in [0.2, 0.25) is 0 Å². The molecule has 6 nitrogen and oxygen atoms in total. The molecule has 1 fully saturated rings. The van der Waals surface area contributed by atoms with Gasteiger partial charge in [0.15, 0.2) is 5.82 Å². The minimum atomic E-state index is -1.26. The van der Waals surface area contributed by atoms with Gasteiger partial charge in [-0.3, -0.25) is 9.59 Å². The van der Waals surface area contributed by atoms with Crippen LogP contribution in [0.15, 0.2) is 17.0 Å². The van der Waals surface area contributed by atoms with Gasteiger partial charge in [0.1, 0.15) is 10.0 Å². The van der Waals surface area contributed by atoms with Crippen molar-refractivity contribution in [1.82, 2.24) is 9.97 Å². The van der Waals surface area contributed by atoms with Crippen molar-refractivity contribution in [2.75, 3.05) is 5.32 Å². The highest BCUT2D eigenvalue weighted by atomic mass is 79.9. The molecule has 0 bridgehead atoms. The predicted molar refractivity (Wildman–Crippen MR) is 57.7 cm³/mol. The molecule has 0 saturated heterocycles. The van der Waals surface area contributed by atoms with E-state index in [0.29, 0.717) is 17.4 Å². The highest BCUT2D eigenvalue weighted by Gasteiger charge is 2.57. The molecule has 0 unspecified atom stereocenters. The topological polar surface area (TPSA) is 92.2 Å². The molecule has 0 atom stereocenters. The Labute approximate surface area is 99.2 Å². The summed E-state index contributed by atoms with van der Waals surface area (Å²) in [5, 5.41) is 11.3. The number of halogens is 1. The van der Waals surface area contributed by atoms with Crippen LogP contribution in [0.25, 0.3) is 0 Å². The normalized spacial score (nSPS) is 16.6. The van der Waals surface area contributed by atoms with Crippen LogP contribution in [0.3, 0.4) is 0 Å². The van der Waals surface area contributed by atoms with E-state index in [1.165, 1.54) is 12.4 Å². The Hall–Kier alpha value is -1.50. The molecule has 1 saturated carbocycles. The van der Waals surface area contributed by atoms with Crippen LogP contribution < -0.4 is 5.32 Å². The maximum absolute atomic E-state index is 11.7. The Morgan fingerprint density at radius 1 is 1.38 bits per heavy atom. The van der Waals surface area contributed by atoms with E-state index >= 15 is 0 Å². The second-order valence-electron chi connectivity index (χ2n) is 3.57. The van der Waals surface area contributed by atoms with E-state index in [1.54, 1.807) is 0 Å². The number of amides is 1. The summed E-state index contributed by atoms with van der Waals surface area (Å²) < 4.78 is 0.546. The lowest BCUT2D eigenvalue weighted by molar-refractivity contribution is -0.147. The van der Waals surface area contributed by atoms with Crippen molar-refractivity contribution >= 4 is 33.6 Å². The lowest BCUT2D eigenvalue weighted by Crippen LogP contribution is -2.31. The number of carboxylic acids is 1. The molecule has 2 N–H and O–H groups in total. The van der Waals surface area contributed by atoms with Gasteiger partial charge in [-0.25, -0.2) is 9.97 Å². The Kier molecular flexibility index (Phi) is 2.63. The molecule has 1 aliphatic carbocycles. The molecule has 1 aliphatic rings. The zero-order valence-corrected chi connectivity index (χ0v) is 9.69. The molecule has 1 amide bonds. The Morgan fingerprint density at radius 3 is 2.50 bits per heavy atom. The molecule has 0 aliphatic heterocycles. The lowest BCUT2D eigenvalue weighted by atomic mass is 10.1. The minimum absolute atomic E-state index is 0.251. The Bertz CT molecular complexity index is 442. The van der Waals surface area contributed by atoms with Crippen molar-refractivity contribution in [1.29, 1.82) is 0 Å². The van der Waals surface area contributed by atoms with Crippen molar-refractivity contribution < 1.29 is 14.7 Å². The average molecular weight is 286 g/mol. The number of carbonyl (C=O) groups excluding carboxylic acids is 1. The summed E-state index contributed by atoms with van der Waals surface area (Å²) in [5.74, 6) is -1.37. The molecule has 1 aromatic heterocycles. The van der Waals surface area contributed by atoms with Crippen LogP contribution in [0.1, 0.15) is 12.8 Å². The number of anilines is 1. The van der Waals surface area contributed by atoms with E-state index in [0.717, 1.165) is 0 Å². The fourth-order valence-electron chi connectivity index (χ4n) is 1.28. The summed E-state index contributed by atoms with van der Waals surface area (Å²) in [7, 11) is 0. The molecule has 84 valence electrons. The van der Waals surface area contributed by atoms with Crippen LogP contribution in [0, 0.1) is 5.41 Å². The van der Waals surface area contributed by atoms with Crippen molar-refractivity contribution in [3.05, 3.63) is 17.0 Å². The standard InChI is InChI=1S/C9H8BrN3O3/c10-5-3-12-6(4-11-5)13-7(14)9(1-2-9)8(15)16/h3-4H,1-2H2,(H,15,16)(H,12,13,14). The summed E-state index contributed by atoms with van der Waals surface area (Å²) in [6.45, 7) is 0. The predicted octanol–water partition coefficient (Wildman–Crippen LogP) is 1.04. The summed E-state index contributed by atoms with van der Waals surface area (Å²) >= 11 is 3.11. The quantitative estimate of drug-likeness (QED) is 0.810. The van der Waals surface area contributed by atoms with Crippen LogP contribution in [-0.4, -0.2) is 27.0 Å². The minimum Gasteiger partial charge on any atom is -0.480 e. The van der Waals surface area contributed by atoms with E-state index in [4.69, 9.17) is 5.11 Å². The van der Waals surface area contributed by atoms with E-state index in [1.807, 2.05) is 0 Å². The van der Waals surface area contributed by atoms with Crippen LogP contribution in [-0.2, 0) is 9.59 Å². The zero-order chi connectivity index (χ0) is 11.8. The van der Waals surface area contributed by atoms with E-state index < -0.39 is 17.3 Å². The number of aliphatic carboxylic acids is 1. The van der Waals surface area contributed by atoms with Crippen LogP contribution >= 0.6 is 15.9 Å². The molecule has 7 heteroatoms. The third kappa shape index (κ3) is 1.90. The van der Waals surface area contributed by atoms with Gasteiger partial charge >= 0.3 is 5.97 Å². The highest BCUT2D eigenvalue weighted by Crippen LogP contribution is 2.46. The van der Waals surface area contributed by atoms with Crippen LogP contribution in [0.4, 0.5) is 5.82 Å². The maximum atomic E-state index is 11.7. The van der Waals surface area contributed by atoms with Crippen molar-refractivity contribution in [3.8, 4) is 0 Å². The van der Waals surface area contributed by atoms with Crippen molar-refractivity contribution in [2.24, 2.45) is 5.41 Å². The monoisotopic (exact) mass is 285 g/mol. The first kappa shape index (κ1) is 11.0. The Balaban J connectivity index is 2.08. The molecule has 0 aromatic carbocycles. The fraction of sp³-hybridized carbons (Fsp3) is 0.333. The Morgan fingerprint density at radius 2 is 2.06 bits per heavy atom. The van der Waals surface area contributed by atoms with Gasteiger partial charge in [-0.2, -0.15) is 0 Å². The first-order valence-electron chi connectivity index (χ1n) is 4.57. The first-order chi connectivity index (χ1) is 7.54. The van der Waals surface area contributed by atoms with Gasteiger partial charge in [0.2, 0.25) is 5.91 Å². The van der Waals surface area contributed by atoms with Gasteiger partial charge < -0.3 is 10.4 Å². The van der Waals surface area contributed by atoms with E-state index in [9.17, 15) is 9.59 Å². The number of carboxylic acid groups (broad SMARTS) is 1. The van der Waals surface area contributed by atoms with Crippen molar-refractivity contribution in [2.45, 2.75) is 12.8 Å². The van der Waals surface area contributed by atoms with Crippen LogP contribution in [0.5, 0.6) is 0 Å². The van der Waals surface area contributed by atoms with Gasteiger partial charge in [0.25, 0.3) is 0 Å². The number of hydrogen-bond acceptors (Lipinski definition) is 4. The van der Waals surface area contributed by atoms with E-state index in [2.05, 4.69) is 31.2 Å². The summed E-state index contributed by atoms with van der Waals surface area (Å²) in [5.41, 5.74) is -1.26. The molecular weight excluding hydrogens is 278 g/mol. The van der Waals surface area contributed by atoms with E-state index in [-0.39, 0.29) is 5.82 Å². The zero-order valence-electron chi connectivity index (χ0n) is 8.11. The third-order valence-electron chi connectivity index (χ3n) is 2.46. The molecule has 2 rings (SSSR count). The molecule has 16 heavy (non-hydrogen) atoms. The summed E-state index contributed by atoms with van der Waals surface area (Å²) in [6, 6.07) is 0. The number of aromatic nitrogens is 2. The van der Waals surface area contributed by atoms with Gasteiger partial charge in [-0.05, 0) is 28.8 Å². The number of nitrogens with one attached hydrogen (secondary N) is 1. The molecule has 1 heterocycles. The number of hydrogen-bond donors (Lipinski definition) is 2. The number of carbonyl (C=O) groups is 2. The largest absolute Gasteiger partial charge is 0.480 e. The molecule has 1 aromatic rings. The smallest absolute Gasteiger partial charge is 0.319 e. The summed E-state index contributed by atoms with van der Waals surface area (Å²) in [6.07, 6.45) is 3.53. The summed E-state index contributed by atoms with van der Waals surface area (Å²) in [4.78, 5) is 30.3. The van der Waals surface area contributed by atoms with Gasteiger partial charge in [-0.1, -0.05) is 0 Å². The van der Waals surface area contributed by atoms with Crippen molar-refractivity contribution in [3.63, 3.8) is 0 Å². The maximum Gasteiger partial charge on any atom is 0.319 e. The fourth-order valence-corrected chi connectivity index (χ4v) is 1.48. The SMILES string of the molecule is O=C(O)C1(C(=O)Nc2cnc(Br)cn2)CC1. The first-order valence-corrected chi connectivity index (χ1v) is 5.36. The third-order valence-corrected chi connectivity index (χ3v) is 2.87.